The summed E-state index contributed by atoms with van der Waals surface area (Å²) in [5, 5.41) is -0.0532. The molecule has 2 rings (SSSR count). The maximum Gasteiger partial charge on any atom is 0.244 e. The zero-order valence-electron chi connectivity index (χ0n) is 12.8. The summed E-state index contributed by atoms with van der Waals surface area (Å²) in [6.45, 7) is 7.68. The number of carbonyl (C=O) groups excluding carboxylic acids is 1. The molecule has 0 amide bonds. The van der Waals surface area contributed by atoms with Gasteiger partial charge >= 0.3 is 0 Å². The molecule has 6 heteroatoms. The molecule has 0 bridgehead atoms. The average Bonchev–Trinajstić information content (AvgIpc) is 2.91. The first-order valence-electron chi connectivity index (χ1n) is 6.86. The normalized spacial score (nSPS) is 15.4. The van der Waals surface area contributed by atoms with Crippen LogP contribution in [0.15, 0.2) is 54.2 Å². The van der Waals surface area contributed by atoms with Crippen molar-refractivity contribution in [2.45, 2.75) is 0 Å². The van der Waals surface area contributed by atoms with Crippen molar-refractivity contribution in [3.8, 4) is 11.5 Å². The fraction of sp³-hybridized carbons (Fsp3) is 0.176. The van der Waals surface area contributed by atoms with E-state index in [1.54, 1.807) is 31.4 Å². The minimum Gasteiger partial charge on any atom is -0.493 e. The fourth-order valence-corrected chi connectivity index (χ4v) is 3.38. The molecule has 0 N–H and O–H groups in total. The van der Waals surface area contributed by atoms with E-state index in [2.05, 4.69) is 18.2 Å². The number of aliphatic imine (C=N–C) groups is 1. The molecule has 0 saturated carbocycles. The predicted molar refractivity (Wildman–Crippen MR) is 99.4 cm³/mol. The molecule has 0 unspecified atom stereocenters. The van der Waals surface area contributed by atoms with E-state index in [1.807, 2.05) is 12.1 Å². The highest BCUT2D eigenvalue weighted by Crippen LogP contribution is 2.33. The molecule has 0 fully saturated rings. The summed E-state index contributed by atoms with van der Waals surface area (Å²) in [5.74, 6) is 1.96. The summed E-state index contributed by atoms with van der Waals surface area (Å²) < 4.78 is 11.6. The van der Waals surface area contributed by atoms with Gasteiger partial charge in [0.1, 0.15) is 16.7 Å². The van der Waals surface area contributed by atoms with Gasteiger partial charge in [0.15, 0.2) is 11.5 Å². The van der Waals surface area contributed by atoms with Gasteiger partial charge in [-0.05, 0) is 35.5 Å². The van der Waals surface area contributed by atoms with E-state index in [4.69, 9.17) is 9.47 Å². The first kappa shape index (κ1) is 17.4. The van der Waals surface area contributed by atoms with Crippen molar-refractivity contribution < 1.29 is 14.3 Å². The van der Waals surface area contributed by atoms with E-state index >= 15 is 0 Å². The van der Waals surface area contributed by atoms with Crippen LogP contribution in [0.2, 0.25) is 0 Å². The minimum atomic E-state index is -0.0532. The van der Waals surface area contributed by atoms with Crippen molar-refractivity contribution in [2.75, 3.05) is 19.5 Å². The highest BCUT2D eigenvalue weighted by atomic mass is 32.2. The first-order chi connectivity index (χ1) is 11.2. The van der Waals surface area contributed by atoms with Crippen molar-refractivity contribution in [1.82, 2.24) is 0 Å². The largest absolute Gasteiger partial charge is 0.493 e. The van der Waals surface area contributed by atoms with Gasteiger partial charge in [0, 0.05) is 5.75 Å². The van der Waals surface area contributed by atoms with Crippen LogP contribution in [0, 0.1) is 0 Å². The molecule has 0 aromatic heterocycles. The van der Waals surface area contributed by atoms with E-state index in [0.29, 0.717) is 23.8 Å². The predicted octanol–water partition coefficient (Wildman–Crippen LogP) is 4.15. The van der Waals surface area contributed by atoms with Crippen molar-refractivity contribution >= 4 is 39.1 Å². The molecule has 0 aliphatic carbocycles. The number of hydrogen-bond acceptors (Lipinski definition) is 6. The zero-order valence-corrected chi connectivity index (χ0v) is 14.4. The summed E-state index contributed by atoms with van der Waals surface area (Å²) in [6, 6.07) is 5.47. The third-order valence-electron chi connectivity index (χ3n) is 2.77. The third kappa shape index (κ3) is 4.77. The smallest absolute Gasteiger partial charge is 0.244 e. The van der Waals surface area contributed by atoms with Gasteiger partial charge < -0.3 is 9.47 Å². The van der Waals surface area contributed by atoms with Gasteiger partial charge in [0.25, 0.3) is 0 Å². The number of nitrogens with zero attached hydrogens (tertiary/aromatic N) is 1. The first-order valence-corrected chi connectivity index (χ1v) is 8.66. The number of thioether (sulfide) groups is 2. The SMILES string of the molecule is C=CCOc1ccc(/C=C2/N=C(SCC=C)SC2=O)cc1OC. The lowest BCUT2D eigenvalue weighted by Gasteiger charge is -2.09. The third-order valence-corrected chi connectivity index (χ3v) is 4.78. The molecule has 1 aromatic carbocycles. The molecule has 4 nitrogen and oxygen atoms in total. The molecule has 0 saturated heterocycles. The summed E-state index contributed by atoms with van der Waals surface area (Å²) in [4.78, 5) is 16.3. The Morgan fingerprint density at radius 1 is 1.30 bits per heavy atom. The molecule has 120 valence electrons. The average molecular weight is 347 g/mol. The summed E-state index contributed by atoms with van der Waals surface area (Å²) in [5.41, 5.74) is 1.26. The van der Waals surface area contributed by atoms with Crippen molar-refractivity contribution in [1.29, 1.82) is 0 Å². The Labute approximate surface area is 144 Å². The van der Waals surface area contributed by atoms with Gasteiger partial charge in [-0.25, -0.2) is 4.99 Å². The Hall–Kier alpha value is -1.92. The minimum absolute atomic E-state index is 0.0532. The number of hydrogen-bond donors (Lipinski definition) is 0. The fourth-order valence-electron chi connectivity index (χ4n) is 1.78. The molecule has 0 radical (unpaired) electrons. The van der Waals surface area contributed by atoms with Gasteiger partial charge in [-0.3, -0.25) is 4.79 Å². The maximum atomic E-state index is 12.0. The summed E-state index contributed by atoms with van der Waals surface area (Å²) in [6.07, 6.45) is 5.20. The Morgan fingerprint density at radius 3 is 2.83 bits per heavy atom. The van der Waals surface area contributed by atoms with Crippen LogP contribution in [0.1, 0.15) is 5.56 Å². The van der Waals surface area contributed by atoms with Gasteiger partial charge in [0.2, 0.25) is 5.12 Å². The van der Waals surface area contributed by atoms with Gasteiger partial charge in [-0.15, -0.1) is 6.58 Å². The van der Waals surface area contributed by atoms with Crippen LogP contribution in [0.4, 0.5) is 0 Å². The molecule has 0 spiro atoms. The Morgan fingerprint density at radius 2 is 2.13 bits per heavy atom. The highest BCUT2D eigenvalue weighted by molar-refractivity contribution is 8.45. The van der Waals surface area contributed by atoms with Crippen LogP contribution in [-0.2, 0) is 4.79 Å². The van der Waals surface area contributed by atoms with Crippen LogP contribution >= 0.6 is 23.5 Å². The molecule has 1 aromatic rings. The van der Waals surface area contributed by atoms with E-state index in [-0.39, 0.29) is 5.12 Å². The molecule has 1 aliphatic rings. The number of carbonyl (C=O) groups is 1. The second-order valence-corrected chi connectivity index (χ2v) is 6.64. The summed E-state index contributed by atoms with van der Waals surface area (Å²) in [7, 11) is 1.58. The highest BCUT2D eigenvalue weighted by Gasteiger charge is 2.22. The second kappa shape index (κ2) is 8.64. The lowest BCUT2D eigenvalue weighted by molar-refractivity contribution is -0.107. The number of rotatable bonds is 7. The molecule has 1 heterocycles. The van der Waals surface area contributed by atoms with Crippen LogP contribution in [0.5, 0.6) is 11.5 Å². The van der Waals surface area contributed by atoms with E-state index in [9.17, 15) is 4.79 Å². The Balaban J connectivity index is 2.21. The molecule has 1 aliphatic heterocycles. The Kier molecular flexibility index (Phi) is 6.55. The number of benzene rings is 1. The zero-order chi connectivity index (χ0) is 16.7. The molecular formula is C17H17NO3S2. The number of ether oxygens (including phenoxy) is 2. The van der Waals surface area contributed by atoms with Crippen molar-refractivity contribution in [3.05, 3.63) is 54.8 Å². The van der Waals surface area contributed by atoms with Crippen LogP contribution in [0.25, 0.3) is 6.08 Å². The standard InChI is InChI=1S/C17H17NO3S2/c1-4-8-21-14-7-6-12(11-15(14)20-3)10-13-16(19)23-17(18-13)22-9-5-2/h4-7,10-11H,1-2,8-9H2,3H3/b13-10+. The Bertz CT molecular complexity index is 680. The second-order valence-electron chi connectivity index (χ2n) is 4.41. The number of methoxy groups -OCH3 is 1. The lowest BCUT2D eigenvalue weighted by atomic mass is 10.1. The quantitative estimate of drug-likeness (QED) is 0.548. The van der Waals surface area contributed by atoms with E-state index in [1.165, 1.54) is 11.8 Å². The lowest BCUT2D eigenvalue weighted by Crippen LogP contribution is -1.96. The topological polar surface area (TPSA) is 47.9 Å². The molecular weight excluding hydrogens is 330 g/mol. The van der Waals surface area contributed by atoms with Crippen LogP contribution in [-0.4, -0.2) is 29.0 Å². The van der Waals surface area contributed by atoms with Crippen molar-refractivity contribution in [3.63, 3.8) is 0 Å². The van der Waals surface area contributed by atoms with Gasteiger partial charge in [0.05, 0.1) is 7.11 Å². The van der Waals surface area contributed by atoms with E-state index < -0.39 is 0 Å². The van der Waals surface area contributed by atoms with Crippen LogP contribution < -0.4 is 9.47 Å². The van der Waals surface area contributed by atoms with Gasteiger partial charge in [-0.2, -0.15) is 0 Å². The van der Waals surface area contributed by atoms with Crippen molar-refractivity contribution in [2.24, 2.45) is 4.99 Å². The maximum absolute atomic E-state index is 12.0. The summed E-state index contributed by atoms with van der Waals surface area (Å²) >= 11 is 2.65. The molecule has 23 heavy (non-hydrogen) atoms. The van der Waals surface area contributed by atoms with E-state index in [0.717, 1.165) is 27.5 Å². The monoisotopic (exact) mass is 347 g/mol. The van der Waals surface area contributed by atoms with Crippen LogP contribution in [0.3, 0.4) is 0 Å². The molecule has 0 atom stereocenters. The van der Waals surface area contributed by atoms with Gasteiger partial charge in [-0.1, -0.05) is 36.6 Å².